The molecule has 2 aromatic carbocycles. The second kappa shape index (κ2) is 6.05. The lowest BCUT2D eigenvalue weighted by Gasteiger charge is -2.11. The fourth-order valence-electron chi connectivity index (χ4n) is 1.83. The van der Waals surface area contributed by atoms with Crippen LogP contribution >= 0.6 is 15.9 Å². The summed E-state index contributed by atoms with van der Waals surface area (Å²) in [7, 11) is 0. The summed E-state index contributed by atoms with van der Waals surface area (Å²) in [5.41, 5.74) is 7.75. The summed E-state index contributed by atoms with van der Waals surface area (Å²) >= 11 is 3.45. The smallest absolute Gasteiger partial charge is 0.248 e. The molecule has 2 aromatic rings. The van der Waals surface area contributed by atoms with Crippen LogP contribution in [-0.4, -0.2) is 5.91 Å². The lowest BCUT2D eigenvalue weighted by Crippen LogP contribution is -2.12. The Hall–Kier alpha value is -1.88. The lowest BCUT2D eigenvalue weighted by molar-refractivity contribution is 0.1000. The molecule has 0 atom stereocenters. The van der Waals surface area contributed by atoms with Gasteiger partial charge in [0.05, 0.1) is 0 Å². The molecular formula is C15H14BrFN2O. The van der Waals surface area contributed by atoms with Crippen molar-refractivity contribution in [3.8, 4) is 0 Å². The number of carbonyl (C=O) groups is 1. The molecule has 5 heteroatoms. The third-order valence-electron chi connectivity index (χ3n) is 3.07. The number of halogens is 2. The van der Waals surface area contributed by atoms with Gasteiger partial charge in [-0.05, 0) is 36.8 Å². The number of anilines is 1. The number of nitrogens with two attached hydrogens (primary N) is 1. The van der Waals surface area contributed by atoms with Gasteiger partial charge in [-0.3, -0.25) is 4.79 Å². The molecular weight excluding hydrogens is 323 g/mol. The van der Waals surface area contributed by atoms with Crippen LogP contribution in [0.5, 0.6) is 0 Å². The lowest BCUT2D eigenvalue weighted by atomic mass is 10.1. The van der Waals surface area contributed by atoms with Crippen LogP contribution in [0.3, 0.4) is 0 Å². The van der Waals surface area contributed by atoms with Crippen LogP contribution in [-0.2, 0) is 6.54 Å². The van der Waals surface area contributed by atoms with Crippen LogP contribution in [0.15, 0.2) is 40.9 Å². The monoisotopic (exact) mass is 336 g/mol. The normalized spacial score (nSPS) is 10.3. The minimum Gasteiger partial charge on any atom is -0.381 e. The highest BCUT2D eigenvalue weighted by molar-refractivity contribution is 9.10. The van der Waals surface area contributed by atoms with Crippen molar-refractivity contribution in [3.05, 3.63) is 63.4 Å². The van der Waals surface area contributed by atoms with Crippen molar-refractivity contribution in [3.63, 3.8) is 0 Å². The number of hydrogen-bond acceptors (Lipinski definition) is 2. The van der Waals surface area contributed by atoms with Gasteiger partial charge in [-0.1, -0.05) is 28.1 Å². The van der Waals surface area contributed by atoms with Gasteiger partial charge < -0.3 is 11.1 Å². The highest BCUT2D eigenvalue weighted by atomic mass is 79.9. The van der Waals surface area contributed by atoms with Gasteiger partial charge in [-0.2, -0.15) is 0 Å². The SMILES string of the molecule is Cc1c(Br)cccc1NCc1ccc(C(N)=O)cc1F. The topological polar surface area (TPSA) is 55.1 Å². The summed E-state index contributed by atoms with van der Waals surface area (Å²) in [6, 6.07) is 10.0. The molecule has 0 saturated heterocycles. The van der Waals surface area contributed by atoms with E-state index in [0.717, 1.165) is 21.8 Å². The van der Waals surface area contributed by atoms with Crippen LogP contribution in [0.25, 0.3) is 0 Å². The minimum atomic E-state index is -0.633. The molecule has 1 amide bonds. The molecule has 2 rings (SSSR count). The summed E-state index contributed by atoms with van der Waals surface area (Å²) in [6.45, 7) is 2.31. The van der Waals surface area contributed by atoms with Crippen molar-refractivity contribution in [2.24, 2.45) is 5.73 Å². The number of nitrogens with one attached hydrogen (secondary N) is 1. The third kappa shape index (κ3) is 3.17. The van der Waals surface area contributed by atoms with Gasteiger partial charge in [-0.25, -0.2) is 4.39 Å². The number of carbonyl (C=O) groups excluding carboxylic acids is 1. The van der Waals surface area contributed by atoms with Gasteiger partial charge >= 0.3 is 0 Å². The second-order valence-electron chi connectivity index (χ2n) is 4.44. The summed E-state index contributed by atoms with van der Waals surface area (Å²) in [4.78, 5) is 11.0. The zero-order chi connectivity index (χ0) is 14.7. The quantitative estimate of drug-likeness (QED) is 0.896. The fourth-order valence-corrected chi connectivity index (χ4v) is 2.20. The van der Waals surface area contributed by atoms with Gasteiger partial charge in [0.2, 0.25) is 5.91 Å². The maximum absolute atomic E-state index is 13.8. The predicted molar refractivity (Wildman–Crippen MR) is 81.1 cm³/mol. The average Bonchev–Trinajstić information content (AvgIpc) is 2.41. The maximum Gasteiger partial charge on any atom is 0.248 e. The first-order valence-corrected chi connectivity index (χ1v) is 6.85. The molecule has 0 aromatic heterocycles. The van der Waals surface area contributed by atoms with Crippen LogP contribution in [0.4, 0.5) is 10.1 Å². The Kier molecular flexibility index (Phi) is 4.39. The molecule has 0 radical (unpaired) electrons. The molecule has 0 unspecified atom stereocenters. The van der Waals surface area contributed by atoms with E-state index in [1.807, 2.05) is 25.1 Å². The Morgan fingerprint density at radius 3 is 2.75 bits per heavy atom. The van der Waals surface area contributed by atoms with Crippen molar-refractivity contribution >= 4 is 27.5 Å². The van der Waals surface area contributed by atoms with E-state index in [2.05, 4.69) is 21.2 Å². The second-order valence-corrected chi connectivity index (χ2v) is 5.29. The van der Waals surface area contributed by atoms with E-state index in [4.69, 9.17) is 5.73 Å². The highest BCUT2D eigenvalue weighted by Gasteiger charge is 2.08. The molecule has 0 aliphatic rings. The standard InChI is InChI=1S/C15H14BrFN2O/c1-9-12(16)3-2-4-14(9)19-8-11-6-5-10(15(18)20)7-13(11)17/h2-7,19H,8H2,1H3,(H2,18,20). The summed E-state index contributed by atoms with van der Waals surface area (Å²) in [5.74, 6) is -1.08. The van der Waals surface area contributed by atoms with Crippen molar-refractivity contribution in [2.75, 3.05) is 5.32 Å². The van der Waals surface area contributed by atoms with Crippen molar-refractivity contribution in [1.82, 2.24) is 0 Å². The zero-order valence-corrected chi connectivity index (χ0v) is 12.5. The van der Waals surface area contributed by atoms with Gasteiger partial charge in [0.25, 0.3) is 0 Å². The fraction of sp³-hybridized carbons (Fsp3) is 0.133. The molecule has 0 aliphatic carbocycles. The first-order chi connectivity index (χ1) is 9.49. The van der Waals surface area contributed by atoms with Gasteiger partial charge in [-0.15, -0.1) is 0 Å². The van der Waals surface area contributed by atoms with E-state index >= 15 is 0 Å². The van der Waals surface area contributed by atoms with Crippen molar-refractivity contribution < 1.29 is 9.18 Å². The van der Waals surface area contributed by atoms with Crippen LogP contribution in [0, 0.1) is 12.7 Å². The number of primary amides is 1. The summed E-state index contributed by atoms with van der Waals surface area (Å²) in [6.07, 6.45) is 0. The van der Waals surface area contributed by atoms with E-state index in [-0.39, 0.29) is 5.56 Å². The Balaban J connectivity index is 2.15. The largest absolute Gasteiger partial charge is 0.381 e. The van der Waals surface area contributed by atoms with Crippen LogP contribution < -0.4 is 11.1 Å². The first-order valence-electron chi connectivity index (χ1n) is 6.06. The molecule has 104 valence electrons. The van der Waals surface area contributed by atoms with E-state index in [0.29, 0.717) is 12.1 Å². The molecule has 20 heavy (non-hydrogen) atoms. The third-order valence-corrected chi connectivity index (χ3v) is 3.93. The molecule has 0 fully saturated rings. The zero-order valence-electron chi connectivity index (χ0n) is 10.9. The van der Waals surface area contributed by atoms with E-state index in [1.165, 1.54) is 6.07 Å². The molecule has 3 nitrogen and oxygen atoms in total. The van der Waals surface area contributed by atoms with E-state index in [1.54, 1.807) is 6.07 Å². The van der Waals surface area contributed by atoms with Gasteiger partial charge in [0.1, 0.15) is 5.82 Å². The molecule has 0 heterocycles. The Morgan fingerprint density at radius 1 is 1.35 bits per heavy atom. The molecule has 0 aliphatic heterocycles. The first kappa shape index (κ1) is 14.5. The Morgan fingerprint density at radius 2 is 2.10 bits per heavy atom. The number of hydrogen-bond donors (Lipinski definition) is 2. The van der Waals surface area contributed by atoms with Crippen molar-refractivity contribution in [1.29, 1.82) is 0 Å². The molecule has 0 bridgehead atoms. The van der Waals surface area contributed by atoms with Crippen molar-refractivity contribution in [2.45, 2.75) is 13.5 Å². The Labute approximate surface area is 125 Å². The van der Waals surface area contributed by atoms with Crippen LogP contribution in [0.2, 0.25) is 0 Å². The number of amides is 1. The van der Waals surface area contributed by atoms with Gasteiger partial charge in [0, 0.05) is 27.8 Å². The molecule has 3 N–H and O–H groups in total. The van der Waals surface area contributed by atoms with Crippen LogP contribution in [0.1, 0.15) is 21.5 Å². The Bertz CT molecular complexity index is 658. The summed E-state index contributed by atoms with van der Waals surface area (Å²) in [5, 5.41) is 3.17. The van der Waals surface area contributed by atoms with E-state index < -0.39 is 11.7 Å². The van der Waals surface area contributed by atoms with Gasteiger partial charge in [0.15, 0.2) is 0 Å². The van der Waals surface area contributed by atoms with E-state index in [9.17, 15) is 9.18 Å². The molecule has 0 spiro atoms. The maximum atomic E-state index is 13.8. The average molecular weight is 337 g/mol. The summed E-state index contributed by atoms with van der Waals surface area (Å²) < 4.78 is 14.8. The highest BCUT2D eigenvalue weighted by Crippen LogP contribution is 2.24. The molecule has 0 saturated carbocycles. The number of rotatable bonds is 4. The number of benzene rings is 2. The predicted octanol–water partition coefficient (Wildman–Crippen LogP) is 3.61. The minimum absolute atomic E-state index is 0.171.